The van der Waals surface area contributed by atoms with Crippen molar-refractivity contribution in [2.24, 2.45) is 0 Å². The lowest BCUT2D eigenvalue weighted by Crippen LogP contribution is -2.40. The highest BCUT2D eigenvalue weighted by atomic mass is 32.1. The Hall–Kier alpha value is -2.15. The molecule has 21 heavy (non-hydrogen) atoms. The first-order chi connectivity index (χ1) is 9.90. The zero-order valence-corrected chi connectivity index (χ0v) is 13.0. The molecule has 0 atom stereocenters. The van der Waals surface area contributed by atoms with Crippen LogP contribution in [0, 0.1) is 0 Å². The molecular weight excluding hydrogens is 288 g/mol. The van der Waals surface area contributed by atoms with Crippen molar-refractivity contribution in [2.75, 3.05) is 19.3 Å². The average Bonchev–Trinajstić information content (AvgIpc) is 2.74. The molecule has 0 aliphatic heterocycles. The topological polar surface area (TPSA) is 88.3 Å². The van der Waals surface area contributed by atoms with Crippen LogP contribution in [0.5, 0.6) is 0 Å². The third-order valence-corrected chi connectivity index (χ3v) is 4.00. The molecule has 0 unspecified atom stereocenters. The predicted octanol–water partition coefficient (Wildman–Crippen LogP) is 1.48. The number of hydrogen-bond acceptors (Lipinski definition) is 5. The second-order valence-electron chi connectivity index (χ2n) is 5.08. The van der Waals surface area contributed by atoms with Crippen molar-refractivity contribution in [2.45, 2.75) is 19.9 Å². The van der Waals surface area contributed by atoms with E-state index in [2.05, 4.69) is 10.3 Å². The molecule has 0 bridgehead atoms. The molecule has 0 aromatic carbocycles. The predicted molar refractivity (Wildman–Crippen MR) is 84.3 cm³/mol. The summed E-state index contributed by atoms with van der Waals surface area (Å²) in [4.78, 5) is 30.1. The molecule has 0 radical (unpaired) electrons. The smallest absolute Gasteiger partial charge is 0.266 e. The first-order valence-corrected chi connectivity index (χ1v) is 7.39. The Bertz CT molecular complexity index is 681. The van der Waals surface area contributed by atoms with Gasteiger partial charge in [0.15, 0.2) is 0 Å². The van der Waals surface area contributed by atoms with E-state index in [1.165, 1.54) is 16.2 Å². The minimum Gasteiger partial charge on any atom is -0.396 e. The fraction of sp³-hybridized carbons (Fsp3) is 0.357. The lowest BCUT2D eigenvalue weighted by atomic mass is 10.3. The van der Waals surface area contributed by atoms with E-state index in [1.54, 1.807) is 19.3 Å². The van der Waals surface area contributed by atoms with Crippen molar-refractivity contribution in [3.05, 3.63) is 23.2 Å². The maximum absolute atomic E-state index is 12.4. The van der Waals surface area contributed by atoms with E-state index in [0.29, 0.717) is 16.1 Å². The molecule has 2 aromatic rings. The Morgan fingerprint density at radius 2 is 2.19 bits per heavy atom. The van der Waals surface area contributed by atoms with Gasteiger partial charge in [-0.3, -0.25) is 14.6 Å². The molecule has 2 heterocycles. The minimum absolute atomic E-state index is 0.00186. The number of likely N-dealkylation sites (N-methyl/N-ethyl adjacent to an activating group) is 1. The summed E-state index contributed by atoms with van der Waals surface area (Å²) in [6.45, 7) is 3.74. The number of aromatic nitrogens is 1. The first-order valence-electron chi connectivity index (χ1n) is 6.58. The van der Waals surface area contributed by atoms with Crippen LogP contribution in [-0.4, -0.2) is 41.3 Å². The number of nitrogens with two attached hydrogens (primary N) is 1. The van der Waals surface area contributed by atoms with Gasteiger partial charge in [0, 0.05) is 19.3 Å². The second-order valence-corrected chi connectivity index (χ2v) is 6.13. The molecular formula is C14H18N4O2S. The Morgan fingerprint density at radius 3 is 2.81 bits per heavy atom. The van der Waals surface area contributed by atoms with Gasteiger partial charge in [0.2, 0.25) is 5.91 Å². The molecule has 0 fully saturated rings. The molecule has 0 saturated carbocycles. The third-order valence-electron chi connectivity index (χ3n) is 2.85. The van der Waals surface area contributed by atoms with E-state index < -0.39 is 0 Å². The Morgan fingerprint density at radius 1 is 1.48 bits per heavy atom. The number of amides is 2. The maximum Gasteiger partial charge on any atom is 0.266 e. The van der Waals surface area contributed by atoms with E-state index in [0.717, 1.165) is 4.70 Å². The summed E-state index contributed by atoms with van der Waals surface area (Å²) in [6.07, 6.45) is 1.64. The quantitative estimate of drug-likeness (QED) is 0.895. The summed E-state index contributed by atoms with van der Waals surface area (Å²) in [5.41, 5.74) is 6.99. The van der Waals surface area contributed by atoms with Crippen LogP contribution in [0.2, 0.25) is 0 Å². The van der Waals surface area contributed by atoms with Crippen LogP contribution in [0.1, 0.15) is 23.5 Å². The molecule has 3 N–H and O–H groups in total. The average molecular weight is 306 g/mol. The highest BCUT2D eigenvalue weighted by Crippen LogP contribution is 2.32. The van der Waals surface area contributed by atoms with Crippen molar-refractivity contribution >= 4 is 39.1 Å². The van der Waals surface area contributed by atoms with Crippen molar-refractivity contribution in [3.63, 3.8) is 0 Å². The maximum atomic E-state index is 12.4. The van der Waals surface area contributed by atoms with Crippen LogP contribution < -0.4 is 11.1 Å². The third kappa shape index (κ3) is 3.30. The van der Waals surface area contributed by atoms with Crippen LogP contribution >= 0.6 is 11.3 Å². The number of carbonyl (C=O) groups excluding carboxylic acids is 2. The first kappa shape index (κ1) is 15.2. The molecule has 2 amide bonds. The van der Waals surface area contributed by atoms with Crippen molar-refractivity contribution in [3.8, 4) is 0 Å². The molecule has 2 aromatic heterocycles. The zero-order valence-electron chi connectivity index (χ0n) is 12.2. The number of pyridine rings is 1. The highest BCUT2D eigenvalue weighted by molar-refractivity contribution is 7.21. The lowest BCUT2D eigenvalue weighted by molar-refractivity contribution is -0.122. The number of anilines is 1. The number of nitrogens with one attached hydrogen (secondary N) is 1. The number of nitrogens with zero attached hydrogens (tertiary/aromatic N) is 2. The van der Waals surface area contributed by atoms with Crippen LogP contribution in [-0.2, 0) is 4.79 Å². The second kappa shape index (κ2) is 6.09. The van der Waals surface area contributed by atoms with Gasteiger partial charge in [-0.2, -0.15) is 0 Å². The molecule has 7 heteroatoms. The fourth-order valence-electron chi connectivity index (χ4n) is 1.93. The number of fused-ring (bicyclic) bond motifs is 1. The Labute approximate surface area is 127 Å². The number of hydrogen-bond donors (Lipinski definition) is 2. The van der Waals surface area contributed by atoms with Gasteiger partial charge in [-0.1, -0.05) is 0 Å². The Kier molecular flexibility index (Phi) is 4.42. The van der Waals surface area contributed by atoms with Crippen molar-refractivity contribution < 1.29 is 9.59 Å². The summed E-state index contributed by atoms with van der Waals surface area (Å²) in [5, 5.41) is 2.75. The normalized spacial score (nSPS) is 10.9. The minimum atomic E-state index is -0.269. The number of rotatable bonds is 4. The molecule has 0 spiro atoms. The van der Waals surface area contributed by atoms with Gasteiger partial charge in [-0.15, -0.1) is 11.3 Å². The standard InChI is InChI=1S/C14H18N4O2S/c1-8(2)17-10(19)7-18(3)14(20)13-11(15)12-9(21-13)5-4-6-16-12/h4-6,8H,7,15H2,1-3H3,(H,17,19). The van der Waals surface area contributed by atoms with Crippen LogP contribution in [0.4, 0.5) is 5.69 Å². The SMILES string of the molecule is CC(C)NC(=O)CN(C)C(=O)c1sc2cccnc2c1N. The summed E-state index contributed by atoms with van der Waals surface area (Å²) in [6, 6.07) is 3.71. The zero-order chi connectivity index (χ0) is 15.6. The van der Waals surface area contributed by atoms with Gasteiger partial charge in [-0.05, 0) is 26.0 Å². The molecule has 6 nitrogen and oxygen atoms in total. The molecule has 0 saturated heterocycles. The summed E-state index contributed by atoms with van der Waals surface area (Å²) in [5.74, 6) is -0.465. The van der Waals surface area contributed by atoms with Crippen LogP contribution in [0.25, 0.3) is 10.2 Å². The summed E-state index contributed by atoms with van der Waals surface area (Å²) < 4.78 is 0.860. The number of thiophene rings is 1. The number of carbonyl (C=O) groups is 2. The molecule has 2 rings (SSSR count). The van der Waals surface area contributed by atoms with Gasteiger partial charge < -0.3 is 16.0 Å². The van der Waals surface area contributed by atoms with Crippen LogP contribution in [0.15, 0.2) is 18.3 Å². The van der Waals surface area contributed by atoms with E-state index in [1.807, 2.05) is 19.9 Å². The van der Waals surface area contributed by atoms with Gasteiger partial charge in [0.25, 0.3) is 5.91 Å². The van der Waals surface area contributed by atoms with Gasteiger partial charge in [-0.25, -0.2) is 0 Å². The van der Waals surface area contributed by atoms with E-state index in [9.17, 15) is 9.59 Å². The van der Waals surface area contributed by atoms with Crippen molar-refractivity contribution in [1.82, 2.24) is 15.2 Å². The van der Waals surface area contributed by atoms with E-state index in [4.69, 9.17) is 5.73 Å². The van der Waals surface area contributed by atoms with Crippen molar-refractivity contribution in [1.29, 1.82) is 0 Å². The lowest BCUT2D eigenvalue weighted by Gasteiger charge is -2.17. The van der Waals surface area contributed by atoms with Crippen LogP contribution in [0.3, 0.4) is 0 Å². The summed E-state index contributed by atoms with van der Waals surface area (Å²) in [7, 11) is 1.58. The van der Waals surface area contributed by atoms with Gasteiger partial charge >= 0.3 is 0 Å². The Balaban J connectivity index is 2.18. The van der Waals surface area contributed by atoms with Gasteiger partial charge in [0.1, 0.15) is 10.4 Å². The molecule has 0 aliphatic rings. The number of nitrogen functional groups attached to an aromatic ring is 1. The molecule has 112 valence electrons. The fourth-order valence-corrected chi connectivity index (χ4v) is 3.01. The van der Waals surface area contributed by atoms with E-state index in [-0.39, 0.29) is 24.4 Å². The van der Waals surface area contributed by atoms with E-state index >= 15 is 0 Å². The monoisotopic (exact) mass is 306 g/mol. The highest BCUT2D eigenvalue weighted by Gasteiger charge is 2.21. The summed E-state index contributed by atoms with van der Waals surface area (Å²) >= 11 is 1.29. The van der Waals surface area contributed by atoms with Gasteiger partial charge in [0.05, 0.1) is 16.9 Å². The molecule has 0 aliphatic carbocycles. The largest absolute Gasteiger partial charge is 0.396 e.